The summed E-state index contributed by atoms with van der Waals surface area (Å²) in [6.45, 7) is 1.83. The molecule has 1 N–H and O–H groups in total. The number of thioether (sulfide) groups is 1. The Hall–Kier alpha value is -2.40. The lowest BCUT2D eigenvalue weighted by Gasteiger charge is -2.03. The topological polar surface area (TPSA) is 91.8 Å². The van der Waals surface area contributed by atoms with Gasteiger partial charge in [0.15, 0.2) is 17.2 Å². The average Bonchev–Trinajstić information content (AvgIpc) is 2.85. The van der Waals surface area contributed by atoms with E-state index in [1.54, 1.807) is 4.68 Å². The average molecular weight is 273 g/mol. The molecule has 2 rings (SSSR count). The number of hydrogen-bond acceptors (Lipinski definition) is 6. The number of tetrazole rings is 1. The van der Waals surface area contributed by atoms with Gasteiger partial charge < -0.3 is 0 Å². The lowest BCUT2D eigenvalue weighted by molar-refractivity contribution is 0.779. The number of nitrogens with one attached hydrogen (secondary N) is 1. The van der Waals surface area contributed by atoms with E-state index < -0.39 is 0 Å². The van der Waals surface area contributed by atoms with Crippen molar-refractivity contribution in [1.29, 1.82) is 5.26 Å². The molecule has 0 radical (unpaired) electrons. The summed E-state index contributed by atoms with van der Waals surface area (Å²) in [5.41, 5.74) is 1.61. The van der Waals surface area contributed by atoms with Crippen molar-refractivity contribution in [2.45, 2.75) is 6.92 Å². The van der Waals surface area contributed by atoms with Crippen LogP contribution < -0.4 is 5.32 Å². The summed E-state index contributed by atoms with van der Waals surface area (Å²) in [7, 11) is 0. The summed E-state index contributed by atoms with van der Waals surface area (Å²) in [6.07, 6.45) is 3.70. The van der Waals surface area contributed by atoms with E-state index in [1.165, 1.54) is 11.8 Å². The van der Waals surface area contributed by atoms with E-state index in [1.807, 2.05) is 43.6 Å². The lowest BCUT2D eigenvalue weighted by atomic mass is 10.3. The van der Waals surface area contributed by atoms with Crippen LogP contribution in [0.15, 0.2) is 29.3 Å². The zero-order chi connectivity index (χ0) is 13.7. The van der Waals surface area contributed by atoms with Crippen LogP contribution in [-0.2, 0) is 0 Å². The van der Waals surface area contributed by atoms with Gasteiger partial charge in [0.05, 0.1) is 11.4 Å². The van der Waals surface area contributed by atoms with Gasteiger partial charge in [0, 0.05) is 0 Å². The molecular formula is C11H11N7S. The number of benzene rings is 1. The van der Waals surface area contributed by atoms with Crippen molar-refractivity contribution in [3.63, 3.8) is 0 Å². The van der Waals surface area contributed by atoms with Crippen LogP contribution in [0.3, 0.4) is 0 Å². The molecule has 2 aromatic rings. The molecule has 0 saturated carbocycles. The molecule has 0 bridgehead atoms. The smallest absolute Gasteiger partial charge is 0.183 e. The summed E-state index contributed by atoms with van der Waals surface area (Å²) in [4.78, 5) is 4.30. The quantitative estimate of drug-likeness (QED) is 0.385. The monoisotopic (exact) mass is 273 g/mol. The maximum Gasteiger partial charge on any atom is 0.183 e. The van der Waals surface area contributed by atoms with Crippen molar-refractivity contribution >= 4 is 22.6 Å². The van der Waals surface area contributed by atoms with Crippen molar-refractivity contribution in [2.24, 2.45) is 4.99 Å². The van der Waals surface area contributed by atoms with E-state index >= 15 is 0 Å². The number of aromatic nitrogens is 4. The van der Waals surface area contributed by atoms with Crippen LogP contribution in [0.25, 0.3) is 5.69 Å². The highest BCUT2D eigenvalue weighted by Gasteiger charge is 2.03. The van der Waals surface area contributed by atoms with Crippen LogP contribution in [0.2, 0.25) is 0 Å². The molecule has 0 saturated heterocycles. The van der Waals surface area contributed by atoms with E-state index in [0.29, 0.717) is 11.0 Å². The Balaban J connectivity index is 2.24. The fourth-order valence-corrected chi connectivity index (χ4v) is 1.77. The summed E-state index contributed by atoms with van der Waals surface area (Å²) < 4.78 is 1.64. The van der Waals surface area contributed by atoms with Gasteiger partial charge in [-0.25, -0.2) is 4.99 Å². The van der Waals surface area contributed by atoms with E-state index in [0.717, 1.165) is 11.4 Å². The third-order valence-electron chi connectivity index (χ3n) is 2.31. The third-order valence-corrected chi connectivity index (χ3v) is 2.89. The van der Waals surface area contributed by atoms with Crippen molar-refractivity contribution in [1.82, 2.24) is 25.5 Å². The maximum absolute atomic E-state index is 8.56. The van der Waals surface area contributed by atoms with Gasteiger partial charge in [0.1, 0.15) is 0 Å². The van der Waals surface area contributed by atoms with E-state index in [2.05, 4.69) is 25.8 Å². The normalized spacial score (nSPS) is 11.1. The van der Waals surface area contributed by atoms with Crippen LogP contribution in [0, 0.1) is 18.4 Å². The molecule has 0 fully saturated rings. The number of nitrogens with zero attached hydrogens (tertiary/aromatic N) is 6. The van der Waals surface area contributed by atoms with Crippen molar-refractivity contribution in [3.05, 3.63) is 30.1 Å². The van der Waals surface area contributed by atoms with Gasteiger partial charge in [-0.05, 0) is 47.9 Å². The molecule has 19 heavy (non-hydrogen) atoms. The predicted molar refractivity (Wildman–Crippen MR) is 73.2 cm³/mol. The fourth-order valence-electron chi connectivity index (χ4n) is 1.43. The van der Waals surface area contributed by atoms with Gasteiger partial charge in [0.2, 0.25) is 0 Å². The van der Waals surface area contributed by atoms with E-state index in [-0.39, 0.29) is 0 Å². The van der Waals surface area contributed by atoms with Gasteiger partial charge in [-0.3, -0.25) is 5.32 Å². The molecule has 0 aliphatic rings. The molecular weight excluding hydrogens is 262 g/mol. The summed E-state index contributed by atoms with van der Waals surface area (Å²) in [5, 5.41) is 22.9. The van der Waals surface area contributed by atoms with Crippen LogP contribution in [0.1, 0.15) is 5.82 Å². The first-order valence-corrected chi connectivity index (χ1v) is 6.60. The number of nitriles is 1. The summed E-state index contributed by atoms with van der Waals surface area (Å²) in [6, 6.07) is 7.41. The summed E-state index contributed by atoms with van der Waals surface area (Å²) >= 11 is 1.37. The zero-order valence-electron chi connectivity index (χ0n) is 10.4. The second kappa shape index (κ2) is 5.97. The minimum atomic E-state index is 0.550. The molecule has 1 aromatic heterocycles. The van der Waals surface area contributed by atoms with Crippen LogP contribution in [-0.4, -0.2) is 31.6 Å². The van der Waals surface area contributed by atoms with E-state index in [9.17, 15) is 0 Å². The van der Waals surface area contributed by atoms with Gasteiger partial charge in [-0.1, -0.05) is 11.8 Å². The van der Waals surface area contributed by atoms with Crippen LogP contribution in [0.5, 0.6) is 0 Å². The highest BCUT2D eigenvalue weighted by atomic mass is 32.2. The van der Waals surface area contributed by atoms with Gasteiger partial charge in [-0.2, -0.15) is 9.94 Å². The van der Waals surface area contributed by atoms with Crippen molar-refractivity contribution in [3.8, 4) is 11.9 Å². The maximum atomic E-state index is 8.56. The predicted octanol–water partition coefficient (Wildman–Crippen LogP) is 1.39. The highest BCUT2D eigenvalue weighted by Crippen LogP contribution is 2.17. The minimum Gasteiger partial charge on any atom is -0.271 e. The van der Waals surface area contributed by atoms with Gasteiger partial charge >= 0.3 is 0 Å². The number of rotatable bonds is 2. The first-order chi connectivity index (χ1) is 9.24. The summed E-state index contributed by atoms with van der Waals surface area (Å²) in [5.74, 6) is 0.715. The van der Waals surface area contributed by atoms with Gasteiger partial charge in [-0.15, -0.1) is 5.10 Å². The SMILES string of the molecule is CSC(=Nc1ccc(-n2nnnc2C)cc1)NC#N. The molecule has 1 aromatic carbocycles. The van der Waals surface area contributed by atoms with Crippen molar-refractivity contribution < 1.29 is 0 Å². The first-order valence-electron chi connectivity index (χ1n) is 5.38. The number of aliphatic imine (C=N–C) groups is 1. The Morgan fingerprint density at radius 3 is 2.68 bits per heavy atom. The second-order valence-corrected chi connectivity index (χ2v) is 4.31. The largest absolute Gasteiger partial charge is 0.271 e. The van der Waals surface area contributed by atoms with Crippen LogP contribution in [0.4, 0.5) is 5.69 Å². The Morgan fingerprint density at radius 1 is 1.42 bits per heavy atom. The molecule has 0 aliphatic carbocycles. The molecule has 0 atom stereocenters. The molecule has 96 valence electrons. The Kier molecular flexibility index (Phi) is 4.10. The molecule has 0 unspecified atom stereocenters. The van der Waals surface area contributed by atoms with Crippen molar-refractivity contribution in [2.75, 3.05) is 6.26 Å². The molecule has 8 heteroatoms. The fraction of sp³-hybridized carbons (Fsp3) is 0.182. The number of hydrogen-bond donors (Lipinski definition) is 1. The van der Waals surface area contributed by atoms with Gasteiger partial charge in [0.25, 0.3) is 0 Å². The third kappa shape index (κ3) is 3.08. The lowest BCUT2D eigenvalue weighted by Crippen LogP contribution is -2.12. The first kappa shape index (κ1) is 13.0. The molecule has 0 aliphatic heterocycles. The standard InChI is InChI=1S/C11H11N7S/c1-8-15-16-17-18(8)10-5-3-9(4-6-10)14-11(19-2)13-7-12/h3-6H,1-2H3,(H,13,14). The van der Waals surface area contributed by atoms with Crippen LogP contribution >= 0.6 is 11.8 Å². The Morgan fingerprint density at radius 2 is 2.16 bits per heavy atom. The number of amidine groups is 1. The molecule has 0 spiro atoms. The number of aryl methyl sites for hydroxylation is 1. The molecule has 0 amide bonds. The minimum absolute atomic E-state index is 0.550. The molecule has 1 heterocycles. The Labute approximate surface area is 114 Å². The molecule has 7 nitrogen and oxygen atoms in total. The van der Waals surface area contributed by atoms with E-state index in [4.69, 9.17) is 5.26 Å². The second-order valence-electron chi connectivity index (χ2n) is 3.51. The zero-order valence-corrected chi connectivity index (χ0v) is 11.2. The Bertz CT molecular complexity index is 623. The highest BCUT2D eigenvalue weighted by molar-refractivity contribution is 8.13.